The van der Waals surface area contributed by atoms with Gasteiger partial charge in [-0.2, -0.15) is 0 Å². The molecular weight excluding hydrogens is 260 g/mol. The van der Waals surface area contributed by atoms with Crippen LogP contribution in [-0.4, -0.2) is 20.7 Å². The number of hydrogen-bond donors (Lipinski definition) is 1. The molecule has 0 aliphatic heterocycles. The van der Waals surface area contributed by atoms with Gasteiger partial charge >= 0.3 is 0 Å². The first-order valence-corrected chi connectivity index (χ1v) is 7.18. The van der Waals surface area contributed by atoms with E-state index in [0.29, 0.717) is 0 Å². The topological polar surface area (TPSA) is 38.5 Å². The Morgan fingerprint density at radius 2 is 1.62 bits per heavy atom. The highest BCUT2D eigenvalue weighted by Gasteiger charge is 2.11. The summed E-state index contributed by atoms with van der Waals surface area (Å²) in [6.45, 7) is 4.99. The molecular formula is C18H24N2O. The highest BCUT2D eigenvalue weighted by atomic mass is 16.5. The van der Waals surface area contributed by atoms with Crippen LogP contribution in [0.2, 0.25) is 0 Å². The van der Waals surface area contributed by atoms with Crippen molar-refractivity contribution >= 4 is 5.69 Å². The third kappa shape index (κ3) is 3.99. The quantitative estimate of drug-likeness (QED) is 0.914. The molecule has 2 N–H and O–H groups in total. The second-order valence-corrected chi connectivity index (χ2v) is 5.61. The summed E-state index contributed by atoms with van der Waals surface area (Å²) >= 11 is 0. The molecule has 1 unspecified atom stereocenters. The summed E-state index contributed by atoms with van der Waals surface area (Å²) < 4.78 is 5.18. The minimum absolute atomic E-state index is 0.00398. The number of rotatable bonds is 5. The zero-order valence-electron chi connectivity index (χ0n) is 13.3. The van der Waals surface area contributed by atoms with Gasteiger partial charge in [0.25, 0.3) is 0 Å². The summed E-state index contributed by atoms with van der Waals surface area (Å²) in [4.78, 5) is 2.17. The molecule has 0 amide bonds. The third-order valence-electron chi connectivity index (χ3n) is 3.66. The molecule has 0 saturated heterocycles. The van der Waals surface area contributed by atoms with Gasteiger partial charge in [-0.05, 0) is 43.7 Å². The second-order valence-electron chi connectivity index (χ2n) is 5.61. The lowest BCUT2D eigenvalue weighted by molar-refractivity contribution is 0.415. The molecule has 3 nitrogen and oxygen atoms in total. The van der Waals surface area contributed by atoms with Crippen LogP contribution in [-0.2, 0) is 0 Å². The summed E-state index contributed by atoms with van der Waals surface area (Å²) in [5.41, 5.74) is 11.2. The van der Waals surface area contributed by atoms with Crippen LogP contribution < -0.4 is 15.4 Å². The van der Waals surface area contributed by atoms with Crippen molar-refractivity contribution in [3.63, 3.8) is 0 Å². The number of aryl methyl sites for hydroxylation is 2. The van der Waals surface area contributed by atoms with Gasteiger partial charge in [-0.3, -0.25) is 0 Å². The predicted octanol–water partition coefficient (Wildman–Crippen LogP) is 3.45. The Kier molecular flexibility index (Phi) is 4.86. The molecule has 3 heteroatoms. The Morgan fingerprint density at radius 3 is 2.14 bits per heavy atom. The van der Waals surface area contributed by atoms with Crippen molar-refractivity contribution in [2.45, 2.75) is 19.9 Å². The van der Waals surface area contributed by atoms with Crippen molar-refractivity contribution in [1.82, 2.24) is 0 Å². The number of anilines is 1. The molecule has 0 heterocycles. The molecule has 0 spiro atoms. The number of likely N-dealkylation sites (N-methyl/N-ethyl adjacent to an activating group) is 1. The Hall–Kier alpha value is -2.00. The van der Waals surface area contributed by atoms with E-state index >= 15 is 0 Å². The molecule has 2 rings (SSSR count). The van der Waals surface area contributed by atoms with Gasteiger partial charge in [-0.25, -0.2) is 0 Å². The van der Waals surface area contributed by atoms with Gasteiger partial charge in [0.1, 0.15) is 5.75 Å². The van der Waals surface area contributed by atoms with Gasteiger partial charge in [0.05, 0.1) is 7.11 Å². The van der Waals surface area contributed by atoms with Crippen LogP contribution in [0.3, 0.4) is 0 Å². The molecule has 0 saturated carbocycles. The Labute approximate surface area is 127 Å². The average Bonchev–Trinajstić information content (AvgIpc) is 2.46. The Balaban J connectivity index is 2.08. The smallest absolute Gasteiger partial charge is 0.119 e. The van der Waals surface area contributed by atoms with Crippen molar-refractivity contribution in [2.24, 2.45) is 5.73 Å². The van der Waals surface area contributed by atoms with Gasteiger partial charge in [0.15, 0.2) is 0 Å². The minimum atomic E-state index is -0.00398. The van der Waals surface area contributed by atoms with E-state index in [9.17, 15) is 0 Å². The van der Waals surface area contributed by atoms with Gasteiger partial charge in [0.2, 0.25) is 0 Å². The number of nitrogens with zero attached hydrogens (tertiary/aromatic N) is 1. The SMILES string of the molecule is COc1ccc(N(C)CC(N)c2cc(C)cc(C)c2)cc1. The molecule has 2 aromatic carbocycles. The highest BCUT2D eigenvalue weighted by Crippen LogP contribution is 2.21. The number of ether oxygens (including phenoxy) is 1. The first-order chi connectivity index (χ1) is 9.99. The highest BCUT2D eigenvalue weighted by molar-refractivity contribution is 5.49. The first kappa shape index (κ1) is 15.4. The predicted molar refractivity (Wildman–Crippen MR) is 89.1 cm³/mol. The van der Waals surface area contributed by atoms with Crippen molar-refractivity contribution in [2.75, 3.05) is 25.6 Å². The number of nitrogens with two attached hydrogens (primary N) is 1. The summed E-state index contributed by atoms with van der Waals surface area (Å²) in [6, 6.07) is 14.5. The number of hydrogen-bond acceptors (Lipinski definition) is 3. The lowest BCUT2D eigenvalue weighted by atomic mass is 10.0. The summed E-state index contributed by atoms with van der Waals surface area (Å²) in [5.74, 6) is 0.866. The fourth-order valence-electron chi connectivity index (χ4n) is 2.57. The maximum absolute atomic E-state index is 6.36. The zero-order chi connectivity index (χ0) is 15.4. The van der Waals surface area contributed by atoms with Gasteiger partial charge in [-0.1, -0.05) is 29.3 Å². The van der Waals surface area contributed by atoms with E-state index in [-0.39, 0.29) is 6.04 Å². The van der Waals surface area contributed by atoms with Crippen LogP contribution in [0.25, 0.3) is 0 Å². The fraction of sp³-hybridized carbons (Fsp3) is 0.333. The molecule has 2 aromatic rings. The zero-order valence-corrected chi connectivity index (χ0v) is 13.3. The standard InChI is InChI=1S/C18H24N2O/c1-13-9-14(2)11-15(10-13)18(19)12-20(3)16-5-7-17(21-4)8-6-16/h5-11,18H,12,19H2,1-4H3. The van der Waals surface area contributed by atoms with Crippen LogP contribution in [0.1, 0.15) is 22.7 Å². The van der Waals surface area contributed by atoms with E-state index in [0.717, 1.165) is 18.0 Å². The molecule has 0 aliphatic carbocycles. The van der Waals surface area contributed by atoms with E-state index in [1.54, 1.807) is 7.11 Å². The van der Waals surface area contributed by atoms with Crippen molar-refractivity contribution in [3.05, 3.63) is 59.2 Å². The van der Waals surface area contributed by atoms with Crippen LogP contribution >= 0.6 is 0 Å². The van der Waals surface area contributed by atoms with E-state index < -0.39 is 0 Å². The molecule has 0 aromatic heterocycles. The van der Waals surface area contributed by atoms with Gasteiger partial charge in [-0.15, -0.1) is 0 Å². The molecule has 0 radical (unpaired) electrons. The third-order valence-corrected chi connectivity index (χ3v) is 3.66. The molecule has 0 aliphatic rings. The van der Waals surface area contributed by atoms with Crippen molar-refractivity contribution in [3.8, 4) is 5.75 Å². The minimum Gasteiger partial charge on any atom is -0.497 e. The van der Waals surface area contributed by atoms with Crippen LogP contribution in [0, 0.1) is 13.8 Å². The van der Waals surface area contributed by atoms with Crippen LogP contribution in [0.4, 0.5) is 5.69 Å². The van der Waals surface area contributed by atoms with Crippen LogP contribution in [0.15, 0.2) is 42.5 Å². The molecule has 0 bridgehead atoms. The fourth-order valence-corrected chi connectivity index (χ4v) is 2.57. The Morgan fingerprint density at radius 1 is 1.05 bits per heavy atom. The maximum atomic E-state index is 6.36. The monoisotopic (exact) mass is 284 g/mol. The molecule has 112 valence electrons. The normalized spacial score (nSPS) is 12.0. The molecule has 21 heavy (non-hydrogen) atoms. The summed E-state index contributed by atoms with van der Waals surface area (Å²) in [7, 11) is 3.74. The molecule has 0 fully saturated rings. The van der Waals surface area contributed by atoms with Crippen molar-refractivity contribution < 1.29 is 4.74 Å². The second kappa shape index (κ2) is 6.64. The lowest BCUT2D eigenvalue weighted by Crippen LogP contribution is -2.29. The molecule has 1 atom stereocenters. The van der Waals surface area contributed by atoms with E-state index in [1.807, 2.05) is 24.3 Å². The average molecular weight is 284 g/mol. The van der Waals surface area contributed by atoms with E-state index in [4.69, 9.17) is 10.5 Å². The Bertz CT molecular complexity index is 572. The summed E-state index contributed by atoms with van der Waals surface area (Å²) in [5, 5.41) is 0. The summed E-state index contributed by atoms with van der Waals surface area (Å²) in [6.07, 6.45) is 0. The van der Waals surface area contributed by atoms with E-state index in [1.165, 1.54) is 16.7 Å². The lowest BCUT2D eigenvalue weighted by Gasteiger charge is -2.24. The van der Waals surface area contributed by atoms with Crippen molar-refractivity contribution in [1.29, 1.82) is 0 Å². The van der Waals surface area contributed by atoms with Gasteiger partial charge in [0, 0.05) is 25.3 Å². The van der Waals surface area contributed by atoms with Gasteiger partial charge < -0.3 is 15.4 Å². The number of methoxy groups -OCH3 is 1. The van der Waals surface area contributed by atoms with Crippen LogP contribution in [0.5, 0.6) is 5.75 Å². The largest absolute Gasteiger partial charge is 0.497 e. The number of benzene rings is 2. The first-order valence-electron chi connectivity index (χ1n) is 7.18. The maximum Gasteiger partial charge on any atom is 0.119 e. The van der Waals surface area contributed by atoms with E-state index in [2.05, 4.69) is 44.0 Å².